The lowest BCUT2D eigenvalue weighted by atomic mass is 10.1. The average molecular weight is 276 g/mol. The number of nitrogens with one attached hydrogen (secondary N) is 1. The number of hydrogen-bond acceptors (Lipinski definition) is 4. The van der Waals surface area contributed by atoms with Crippen LogP contribution in [0.15, 0.2) is 36.4 Å². The Labute approximate surface area is 114 Å². The summed E-state index contributed by atoms with van der Waals surface area (Å²) in [5.41, 5.74) is 6.01. The van der Waals surface area contributed by atoms with Crippen molar-refractivity contribution in [3.63, 3.8) is 0 Å². The topological polar surface area (TPSA) is 84.6 Å². The maximum absolute atomic E-state index is 13.1. The predicted octanol–water partition coefficient (Wildman–Crippen LogP) is 2.37. The first kappa shape index (κ1) is 13.7. The van der Waals surface area contributed by atoms with Crippen LogP contribution in [0.5, 0.6) is 11.5 Å². The first-order valence-electron chi connectivity index (χ1n) is 5.74. The Balaban J connectivity index is 2.30. The van der Waals surface area contributed by atoms with Gasteiger partial charge in [-0.3, -0.25) is 4.79 Å². The molecule has 0 aliphatic rings. The van der Waals surface area contributed by atoms with Gasteiger partial charge in [0.15, 0.2) is 0 Å². The van der Waals surface area contributed by atoms with E-state index in [9.17, 15) is 14.3 Å². The fraction of sp³-hybridized carbons (Fsp3) is 0.0714. The molecule has 4 N–H and O–H groups in total. The van der Waals surface area contributed by atoms with Crippen LogP contribution in [0.1, 0.15) is 10.4 Å². The van der Waals surface area contributed by atoms with Crippen LogP contribution >= 0.6 is 0 Å². The quantitative estimate of drug-likeness (QED) is 0.751. The molecule has 2 rings (SSSR count). The van der Waals surface area contributed by atoms with Gasteiger partial charge >= 0.3 is 0 Å². The van der Waals surface area contributed by atoms with Crippen LogP contribution in [0.3, 0.4) is 0 Å². The van der Waals surface area contributed by atoms with Crippen LogP contribution in [0.2, 0.25) is 0 Å². The third-order valence-corrected chi connectivity index (χ3v) is 2.71. The predicted molar refractivity (Wildman–Crippen MR) is 73.4 cm³/mol. The minimum Gasteiger partial charge on any atom is -0.507 e. The molecule has 20 heavy (non-hydrogen) atoms. The number of anilines is 2. The number of ether oxygens (including phenoxy) is 1. The van der Waals surface area contributed by atoms with Crippen LogP contribution in [0.25, 0.3) is 0 Å². The van der Waals surface area contributed by atoms with Gasteiger partial charge in [-0.15, -0.1) is 0 Å². The van der Waals surface area contributed by atoms with Gasteiger partial charge in [0, 0.05) is 0 Å². The number of nitrogens with two attached hydrogens (primary N) is 1. The van der Waals surface area contributed by atoms with E-state index < -0.39 is 11.7 Å². The molecule has 1 amide bonds. The van der Waals surface area contributed by atoms with Gasteiger partial charge in [-0.25, -0.2) is 4.39 Å². The lowest BCUT2D eigenvalue weighted by molar-refractivity contribution is 0.102. The summed E-state index contributed by atoms with van der Waals surface area (Å²) in [5, 5.41) is 12.1. The fourth-order valence-corrected chi connectivity index (χ4v) is 1.65. The highest BCUT2D eigenvalue weighted by molar-refractivity contribution is 6.07. The van der Waals surface area contributed by atoms with Gasteiger partial charge in [-0.1, -0.05) is 0 Å². The van der Waals surface area contributed by atoms with Gasteiger partial charge in [-0.05, 0) is 36.4 Å². The summed E-state index contributed by atoms with van der Waals surface area (Å²) in [5.74, 6) is -0.929. The first-order chi connectivity index (χ1) is 9.51. The Bertz CT molecular complexity index is 659. The van der Waals surface area contributed by atoms with E-state index in [4.69, 9.17) is 10.5 Å². The number of phenols is 1. The van der Waals surface area contributed by atoms with E-state index in [2.05, 4.69) is 5.32 Å². The van der Waals surface area contributed by atoms with E-state index in [-0.39, 0.29) is 22.7 Å². The van der Waals surface area contributed by atoms with Crippen LogP contribution in [-0.4, -0.2) is 18.1 Å². The van der Waals surface area contributed by atoms with Gasteiger partial charge in [0.1, 0.15) is 17.3 Å². The zero-order valence-corrected chi connectivity index (χ0v) is 10.7. The van der Waals surface area contributed by atoms with Gasteiger partial charge in [-0.2, -0.15) is 0 Å². The number of nitrogen functional groups attached to an aromatic ring is 1. The molecule has 0 saturated carbocycles. The number of methoxy groups -OCH3 is 1. The molecule has 0 unspecified atom stereocenters. The van der Waals surface area contributed by atoms with E-state index in [0.29, 0.717) is 5.75 Å². The molecule has 0 aromatic heterocycles. The number of halogens is 1. The minimum absolute atomic E-state index is 0.00742. The third kappa shape index (κ3) is 2.80. The molecule has 2 aromatic carbocycles. The van der Waals surface area contributed by atoms with Gasteiger partial charge < -0.3 is 20.9 Å². The molecule has 0 aliphatic heterocycles. The number of rotatable bonds is 3. The number of hydrogen-bond donors (Lipinski definition) is 3. The molecule has 6 heteroatoms. The van der Waals surface area contributed by atoms with E-state index in [0.717, 1.165) is 6.07 Å². The van der Waals surface area contributed by atoms with Crippen LogP contribution in [-0.2, 0) is 0 Å². The molecule has 0 bridgehead atoms. The molecule has 5 nitrogen and oxygen atoms in total. The Kier molecular flexibility index (Phi) is 3.74. The van der Waals surface area contributed by atoms with E-state index >= 15 is 0 Å². The normalized spacial score (nSPS) is 10.1. The maximum Gasteiger partial charge on any atom is 0.259 e. The van der Waals surface area contributed by atoms with Crippen molar-refractivity contribution in [2.75, 3.05) is 18.2 Å². The molecule has 104 valence electrons. The maximum atomic E-state index is 13.1. The van der Waals surface area contributed by atoms with Crippen molar-refractivity contribution >= 4 is 17.3 Å². The Morgan fingerprint density at radius 2 is 2.05 bits per heavy atom. The third-order valence-electron chi connectivity index (χ3n) is 2.71. The molecule has 0 heterocycles. The minimum atomic E-state index is -0.612. The summed E-state index contributed by atoms with van der Waals surface area (Å²) in [4.78, 5) is 12.1. The number of aromatic hydroxyl groups is 1. The number of amides is 1. The summed E-state index contributed by atoms with van der Waals surface area (Å²) in [7, 11) is 1.44. The highest BCUT2D eigenvalue weighted by atomic mass is 19.1. The molecule has 0 radical (unpaired) electrons. The lowest BCUT2D eigenvalue weighted by Gasteiger charge is -2.10. The second-order valence-corrected chi connectivity index (χ2v) is 4.07. The number of benzene rings is 2. The Morgan fingerprint density at radius 1 is 1.30 bits per heavy atom. The highest BCUT2D eigenvalue weighted by Gasteiger charge is 2.14. The zero-order valence-electron chi connectivity index (χ0n) is 10.7. The molecular formula is C14H13FN2O3. The Hall–Kier alpha value is -2.76. The van der Waals surface area contributed by atoms with Gasteiger partial charge in [0.05, 0.1) is 24.0 Å². The lowest BCUT2D eigenvalue weighted by Crippen LogP contribution is -2.13. The molecule has 0 saturated heterocycles. The smallest absolute Gasteiger partial charge is 0.259 e. The standard InChI is InChI=1S/C14H13FN2O3/c1-20-9-3-5-13(18)10(7-9)14(19)17-12-6-8(15)2-4-11(12)16/h2-7,18H,16H2,1H3,(H,17,19). The molecule has 0 aliphatic carbocycles. The van der Waals surface area contributed by atoms with E-state index in [1.807, 2.05) is 0 Å². The summed E-state index contributed by atoms with van der Waals surface area (Å²) >= 11 is 0. The van der Waals surface area contributed by atoms with Crippen molar-refractivity contribution in [1.82, 2.24) is 0 Å². The second kappa shape index (κ2) is 5.48. The van der Waals surface area contributed by atoms with Crippen molar-refractivity contribution in [2.24, 2.45) is 0 Å². The average Bonchev–Trinajstić information content (AvgIpc) is 2.43. The van der Waals surface area contributed by atoms with Crippen LogP contribution in [0.4, 0.5) is 15.8 Å². The van der Waals surface area contributed by atoms with Crippen LogP contribution < -0.4 is 15.8 Å². The fourth-order valence-electron chi connectivity index (χ4n) is 1.65. The summed E-state index contributed by atoms with van der Waals surface area (Å²) in [6, 6.07) is 7.86. The van der Waals surface area contributed by atoms with Crippen molar-refractivity contribution in [2.45, 2.75) is 0 Å². The van der Waals surface area contributed by atoms with Crippen LogP contribution in [0, 0.1) is 5.82 Å². The highest BCUT2D eigenvalue weighted by Crippen LogP contribution is 2.25. The summed E-state index contributed by atoms with van der Waals surface area (Å²) < 4.78 is 18.1. The van der Waals surface area contributed by atoms with Crippen molar-refractivity contribution in [3.05, 3.63) is 47.8 Å². The monoisotopic (exact) mass is 276 g/mol. The summed E-state index contributed by atoms with van der Waals surface area (Å²) in [6.07, 6.45) is 0. The second-order valence-electron chi connectivity index (χ2n) is 4.07. The number of carbonyl (C=O) groups is 1. The number of carbonyl (C=O) groups excluding carboxylic acids is 1. The zero-order chi connectivity index (χ0) is 14.7. The SMILES string of the molecule is COc1ccc(O)c(C(=O)Nc2cc(F)ccc2N)c1. The largest absolute Gasteiger partial charge is 0.507 e. The molecule has 0 fully saturated rings. The van der Waals surface area contributed by atoms with E-state index in [1.165, 1.54) is 37.4 Å². The van der Waals surface area contributed by atoms with Gasteiger partial charge in [0.2, 0.25) is 0 Å². The van der Waals surface area contributed by atoms with Gasteiger partial charge in [0.25, 0.3) is 5.91 Å². The molecule has 2 aromatic rings. The molecular weight excluding hydrogens is 263 g/mol. The first-order valence-corrected chi connectivity index (χ1v) is 5.74. The van der Waals surface area contributed by atoms with E-state index in [1.54, 1.807) is 0 Å². The summed E-state index contributed by atoms with van der Waals surface area (Å²) in [6.45, 7) is 0. The van der Waals surface area contributed by atoms with Crippen molar-refractivity contribution in [3.8, 4) is 11.5 Å². The Morgan fingerprint density at radius 3 is 2.75 bits per heavy atom. The van der Waals surface area contributed by atoms with Crippen molar-refractivity contribution < 1.29 is 19.0 Å². The molecule has 0 atom stereocenters. The number of phenolic OH excluding ortho intramolecular Hbond substituents is 1. The molecule has 0 spiro atoms. The van der Waals surface area contributed by atoms with Crippen molar-refractivity contribution in [1.29, 1.82) is 0 Å².